The summed E-state index contributed by atoms with van der Waals surface area (Å²) in [6.07, 6.45) is 3.54. The van der Waals surface area contributed by atoms with Crippen molar-refractivity contribution in [1.82, 2.24) is 10.7 Å². The number of allylic oxidation sites excluding steroid dienone is 1. The Morgan fingerprint density at radius 1 is 1.21 bits per heavy atom. The lowest BCUT2D eigenvalue weighted by atomic mass is 10.0. The van der Waals surface area contributed by atoms with E-state index in [0.717, 1.165) is 0 Å². The van der Waals surface area contributed by atoms with Crippen LogP contribution in [0.2, 0.25) is 10.0 Å². The Kier molecular flexibility index (Phi) is 9.75. The molecule has 2 amide bonds. The van der Waals surface area contributed by atoms with Crippen molar-refractivity contribution in [3.05, 3.63) is 69.7 Å². The number of benzene rings is 2. The summed E-state index contributed by atoms with van der Waals surface area (Å²) in [5, 5.41) is 17.6. The number of rotatable bonds is 10. The second-order valence-corrected chi connectivity index (χ2v) is 8.33. The van der Waals surface area contributed by atoms with Crippen molar-refractivity contribution in [3.63, 3.8) is 0 Å². The first-order valence-electron chi connectivity index (χ1n) is 10.4. The van der Waals surface area contributed by atoms with Crippen LogP contribution in [0.3, 0.4) is 0 Å². The van der Waals surface area contributed by atoms with Gasteiger partial charge in [0.1, 0.15) is 6.04 Å². The van der Waals surface area contributed by atoms with Crippen LogP contribution in [0.4, 0.5) is 0 Å². The van der Waals surface area contributed by atoms with E-state index in [0.29, 0.717) is 34.9 Å². The fraction of sp³-hybridized carbons (Fsp3) is 0.292. The second kappa shape index (κ2) is 12.3. The van der Waals surface area contributed by atoms with Gasteiger partial charge in [0.2, 0.25) is 0 Å². The standard InChI is InChI=1S/C24H27Cl2N3O4/c1-5-7-16-10-15(11-20(22(16)30)33-6-2)13-27-29-24(32)21(14(3)4)28-23(31)17-8-9-18(25)19(26)12-17/h5,8-14,21,30H,1,6-7H2,2-4H3,(H,28,31)(H,29,32)/b27-13+. The fourth-order valence-corrected chi connectivity index (χ4v) is 3.28. The average Bonchev–Trinajstić information content (AvgIpc) is 2.76. The maximum Gasteiger partial charge on any atom is 0.262 e. The van der Waals surface area contributed by atoms with Crippen molar-refractivity contribution in [2.45, 2.75) is 33.2 Å². The van der Waals surface area contributed by atoms with E-state index in [-0.39, 0.29) is 22.3 Å². The van der Waals surface area contributed by atoms with E-state index in [2.05, 4.69) is 22.4 Å². The third kappa shape index (κ3) is 7.23. The number of hydrazone groups is 1. The predicted octanol–water partition coefficient (Wildman–Crippen LogP) is 4.73. The quantitative estimate of drug-likeness (QED) is 0.254. The Morgan fingerprint density at radius 2 is 1.94 bits per heavy atom. The van der Waals surface area contributed by atoms with Crippen LogP contribution in [0.1, 0.15) is 42.3 Å². The molecule has 176 valence electrons. The van der Waals surface area contributed by atoms with Crippen LogP contribution in [0.25, 0.3) is 0 Å². The molecule has 0 aromatic heterocycles. The minimum atomic E-state index is -0.834. The molecule has 3 N–H and O–H groups in total. The van der Waals surface area contributed by atoms with Crippen LogP contribution in [0.15, 0.2) is 48.1 Å². The molecular formula is C24H27Cl2N3O4. The van der Waals surface area contributed by atoms with Gasteiger partial charge in [-0.15, -0.1) is 6.58 Å². The van der Waals surface area contributed by atoms with Gasteiger partial charge in [0.25, 0.3) is 11.8 Å². The van der Waals surface area contributed by atoms with Crippen molar-refractivity contribution in [2.24, 2.45) is 11.0 Å². The Hall–Kier alpha value is -3.03. The third-order valence-corrected chi connectivity index (χ3v) is 5.39. The molecule has 0 fully saturated rings. The highest BCUT2D eigenvalue weighted by Gasteiger charge is 2.24. The van der Waals surface area contributed by atoms with E-state index in [4.69, 9.17) is 27.9 Å². The van der Waals surface area contributed by atoms with Crippen molar-refractivity contribution in [3.8, 4) is 11.5 Å². The molecule has 0 radical (unpaired) electrons. The minimum Gasteiger partial charge on any atom is -0.504 e. The number of carbonyl (C=O) groups is 2. The van der Waals surface area contributed by atoms with Crippen LogP contribution in [0, 0.1) is 5.92 Å². The zero-order valence-electron chi connectivity index (χ0n) is 18.7. The number of hydrogen-bond donors (Lipinski definition) is 3. The first-order valence-corrected chi connectivity index (χ1v) is 11.1. The van der Waals surface area contributed by atoms with E-state index in [1.165, 1.54) is 24.4 Å². The molecule has 0 aliphatic heterocycles. The van der Waals surface area contributed by atoms with Crippen LogP contribution in [0.5, 0.6) is 11.5 Å². The van der Waals surface area contributed by atoms with Gasteiger partial charge in [-0.2, -0.15) is 5.10 Å². The molecule has 0 heterocycles. The second-order valence-electron chi connectivity index (χ2n) is 7.51. The van der Waals surface area contributed by atoms with Gasteiger partial charge in [-0.3, -0.25) is 9.59 Å². The highest BCUT2D eigenvalue weighted by atomic mass is 35.5. The number of hydrogen-bond acceptors (Lipinski definition) is 5. The molecule has 0 aliphatic rings. The summed E-state index contributed by atoms with van der Waals surface area (Å²) in [6, 6.07) is 6.99. The predicted molar refractivity (Wildman–Crippen MR) is 131 cm³/mol. The Balaban J connectivity index is 2.13. The Morgan fingerprint density at radius 3 is 2.55 bits per heavy atom. The summed E-state index contributed by atoms with van der Waals surface area (Å²) in [4.78, 5) is 25.3. The number of ether oxygens (including phenoxy) is 1. The van der Waals surface area contributed by atoms with Gasteiger partial charge >= 0.3 is 0 Å². The summed E-state index contributed by atoms with van der Waals surface area (Å²) in [6.45, 7) is 9.49. The number of amides is 2. The molecule has 33 heavy (non-hydrogen) atoms. The first-order chi connectivity index (χ1) is 15.7. The van der Waals surface area contributed by atoms with Crippen molar-refractivity contribution >= 4 is 41.2 Å². The van der Waals surface area contributed by atoms with Crippen molar-refractivity contribution in [1.29, 1.82) is 0 Å². The van der Waals surface area contributed by atoms with E-state index in [9.17, 15) is 14.7 Å². The molecule has 0 spiro atoms. The van der Waals surface area contributed by atoms with Gasteiger partial charge in [0.15, 0.2) is 11.5 Å². The largest absolute Gasteiger partial charge is 0.504 e. The van der Waals surface area contributed by atoms with Gasteiger partial charge in [0, 0.05) is 11.1 Å². The normalized spacial score (nSPS) is 11.9. The van der Waals surface area contributed by atoms with Crippen LogP contribution < -0.4 is 15.5 Å². The Labute approximate surface area is 203 Å². The lowest BCUT2D eigenvalue weighted by Crippen LogP contribution is -2.48. The molecule has 1 atom stereocenters. The number of phenols is 1. The monoisotopic (exact) mass is 491 g/mol. The lowest BCUT2D eigenvalue weighted by Gasteiger charge is -2.20. The van der Waals surface area contributed by atoms with E-state index in [1.54, 1.807) is 32.1 Å². The highest BCUT2D eigenvalue weighted by molar-refractivity contribution is 6.42. The van der Waals surface area contributed by atoms with E-state index in [1.807, 2.05) is 6.92 Å². The molecule has 1 unspecified atom stereocenters. The molecule has 2 rings (SSSR count). The third-order valence-electron chi connectivity index (χ3n) is 4.65. The van der Waals surface area contributed by atoms with Gasteiger partial charge < -0.3 is 15.2 Å². The van der Waals surface area contributed by atoms with Crippen LogP contribution >= 0.6 is 23.2 Å². The summed E-state index contributed by atoms with van der Waals surface area (Å²) in [7, 11) is 0. The molecule has 7 nitrogen and oxygen atoms in total. The van der Waals surface area contributed by atoms with Crippen molar-refractivity contribution < 1.29 is 19.4 Å². The maximum atomic E-state index is 12.7. The topological polar surface area (TPSA) is 100 Å². The molecular weight excluding hydrogens is 465 g/mol. The van der Waals surface area contributed by atoms with E-state index < -0.39 is 17.9 Å². The van der Waals surface area contributed by atoms with Gasteiger partial charge in [-0.05, 0) is 55.2 Å². The molecule has 9 heteroatoms. The molecule has 0 saturated heterocycles. The number of carbonyl (C=O) groups excluding carboxylic acids is 2. The SMILES string of the molecule is C=CCc1cc(/C=N/NC(=O)C(NC(=O)c2ccc(Cl)c(Cl)c2)C(C)C)cc(OCC)c1O. The fourth-order valence-electron chi connectivity index (χ4n) is 2.98. The van der Waals surface area contributed by atoms with Gasteiger partial charge in [-0.25, -0.2) is 5.43 Å². The molecule has 2 aromatic carbocycles. The molecule has 2 aromatic rings. The van der Waals surface area contributed by atoms with E-state index >= 15 is 0 Å². The lowest BCUT2D eigenvalue weighted by molar-refractivity contribution is -0.123. The number of phenolic OH excluding ortho intramolecular Hbond substituents is 1. The average molecular weight is 492 g/mol. The smallest absolute Gasteiger partial charge is 0.262 e. The molecule has 0 aliphatic carbocycles. The van der Waals surface area contributed by atoms with Crippen LogP contribution in [-0.2, 0) is 11.2 Å². The number of nitrogens with zero attached hydrogens (tertiary/aromatic N) is 1. The highest BCUT2D eigenvalue weighted by Crippen LogP contribution is 2.32. The zero-order chi connectivity index (χ0) is 24.5. The van der Waals surface area contributed by atoms with Gasteiger partial charge in [-0.1, -0.05) is 43.1 Å². The minimum absolute atomic E-state index is 0.0443. The Bertz CT molecular complexity index is 1050. The molecule has 0 saturated carbocycles. The number of halogens is 2. The van der Waals surface area contributed by atoms with Crippen molar-refractivity contribution in [2.75, 3.05) is 6.61 Å². The summed E-state index contributed by atoms with van der Waals surface area (Å²) in [5.74, 6) is -0.782. The first kappa shape index (κ1) is 26.2. The number of aromatic hydroxyl groups is 1. The number of nitrogens with one attached hydrogen (secondary N) is 2. The van der Waals surface area contributed by atoms with Crippen LogP contribution in [-0.4, -0.2) is 35.8 Å². The zero-order valence-corrected chi connectivity index (χ0v) is 20.2. The maximum absolute atomic E-state index is 12.7. The summed E-state index contributed by atoms with van der Waals surface area (Å²) < 4.78 is 5.46. The summed E-state index contributed by atoms with van der Waals surface area (Å²) >= 11 is 11.9. The molecule has 0 bridgehead atoms. The van der Waals surface area contributed by atoms with Gasteiger partial charge in [0.05, 0.1) is 22.9 Å². The summed E-state index contributed by atoms with van der Waals surface area (Å²) in [5.41, 5.74) is 3.98.